The van der Waals surface area contributed by atoms with E-state index in [1.165, 1.54) is 24.3 Å². The molecule has 3 rings (SSSR count). The first-order valence-corrected chi connectivity index (χ1v) is 8.60. The minimum atomic E-state index is -0.496. The lowest BCUT2D eigenvalue weighted by molar-refractivity contribution is 0.609. The molecule has 8 heteroatoms. The molecular formula is C17H17ClF2N4S. The Labute approximate surface area is 155 Å². The first kappa shape index (κ1) is 19.2. The van der Waals surface area contributed by atoms with Crippen molar-refractivity contribution < 1.29 is 8.78 Å². The Hall–Kier alpha value is -2.12. The van der Waals surface area contributed by atoms with Crippen molar-refractivity contribution in [3.63, 3.8) is 0 Å². The van der Waals surface area contributed by atoms with Crippen LogP contribution in [0.4, 0.5) is 14.6 Å². The van der Waals surface area contributed by atoms with Crippen molar-refractivity contribution in [3.05, 3.63) is 76.5 Å². The van der Waals surface area contributed by atoms with Crippen LogP contribution in [0.15, 0.2) is 42.7 Å². The molecule has 2 aromatic heterocycles. The summed E-state index contributed by atoms with van der Waals surface area (Å²) >= 11 is 9.40. The number of nitrogens with zero attached hydrogens (tertiary/aromatic N) is 2. The molecule has 0 saturated heterocycles. The van der Waals surface area contributed by atoms with Gasteiger partial charge in [0.05, 0.1) is 10.7 Å². The van der Waals surface area contributed by atoms with Gasteiger partial charge in [-0.15, -0.1) is 0 Å². The van der Waals surface area contributed by atoms with Crippen LogP contribution in [0.2, 0.25) is 5.02 Å². The van der Waals surface area contributed by atoms with Crippen molar-refractivity contribution in [2.45, 2.75) is 13.0 Å². The van der Waals surface area contributed by atoms with E-state index in [1.807, 2.05) is 0 Å². The zero-order chi connectivity index (χ0) is 18.4. The summed E-state index contributed by atoms with van der Waals surface area (Å²) < 4.78 is 26.8. The molecular weight excluding hydrogens is 366 g/mol. The summed E-state index contributed by atoms with van der Waals surface area (Å²) in [7, 11) is 0. The summed E-state index contributed by atoms with van der Waals surface area (Å²) in [6.07, 6.45) is 4.98. The molecule has 0 radical (unpaired) electrons. The van der Waals surface area contributed by atoms with Crippen LogP contribution in [0.5, 0.6) is 0 Å². The molecule has 2 heterocycles. The number of aromatic amines is 1. The number of anilines is 1. The number of H-pyrrole nitrogens is 1. The van der Waals surface area contributed by atoms with E-state index in [0.29, 0.717) is 17.2 Å². The van der Waals surface area contributed by atoms with Gasteiger partial charge in [-0.05, 0) is 43.0 Å². The van der Waals surface area contributed by atoms with E-state index < -0.39 is 11.9 Å². The number of pyridine rings is 1. The Bertz CT molecular complexity index is 828. The minimum absolute atomic E-state index is 0.0177. The van der Waals surface area contributed by atoms with Crippen LogP contribution in [0, 0.1) is 18.6 Å². The molecule has 0 saturated carbocycles. The number of nitrogens with one attached hydrogen (secondary N) is 2. The van der Waals surface area contributed by atoms with Crippen LogP contribution < -0.4 is 5.32 Å². The van der Waals surface area contributed by atoms with Gasteiger partial charge < -0.3 is 10.3 Å². The maximum atomic E-state index is 13.4. The lowest BCUT2D eigenvalue weighted by Gasteiger charge is -2.18. The van der Waals surface area contributed by atoms with E-state index in [0.717, 1.165) is 0 Å². The summed E-state index contributed by atoms with van der Waals surface area (Å²) in [5.74, 6) is 0.210. The summed E-state index contributed by atoms with van der Waals surface area (Å²) in [4.78, 5) is 11.4. The normalized spacial score (nSPS) is 11.4. The summed E-state index contributed by atoms with van der Waals surface area (Å²) in [6.45, 7) is 1.58. The van der Waals surface area contributed by atoms with Gasteiger partial charge in [-0.2, -0.15) is 12.6 Å². The molecule has 25 heavy (non-hydrogen) atoms. The number of rotatable bonds is 4. The average molecular weight is 383 g/mol. The van der Waals surface area contributed by atoms with Gasteiger partial charge in [0.2, 0.25) is 0 Å². The number of aromatic nitrogens is 3. The molecule has 0 bridgehead atoms. The van der Waals surface area contributed by atoms with Crippen LogP contribution in [0.1, 0.15) is 23.1 Å². The Morgan fingerprint density at radius 2 is 1.88 bits per heavy atom. The molecule has 4 nitrogen and oxygen atoms in total. The van der Waals surface area contributed by atoms with Gasteiger partial charge in [-0.3, -0.25) is 0 Å². The number of halogens is 3. The molecule has 0 fully saturated rings. The number of thiol groups is 1. The van der Waals surface area contributed by atoms with Gasteiger partial charge >= 0.3 is 0 Å². The molecule has 0 amide bonds. The standard InChI is InChI=1S/C16H13ClF2N4.CH4S/c1-9-12(18)4-5-14(22-9)23-15(16-20-6-7-21-16)10-2-3-13(19)11(17)8-10;1-2/h2-8,15H,1H3,(H,20,21)(H,22,23);2H,1H3. The molecule has 0 aliphatic rings. The van der Waals surface area contributed by atoms with Crippen LogP contribution in [-0.4, -0.2) is 21.2 Å². The van der Waals surface area contributed by atoms with Crippen molar-refractivity contribution in [2.75, 3.05) is 11.6 Å². The van der Waals surface area contributed by atoms with E-state index in [2.05, 4.69) is 32.9 Å². The van der Waals surface area contributed by atoms with Crippen LogP contribution in [0.25, 0.3) is 0 Å². The van der Waals surface area contributed by atoms with Gasteiger partial charge in [-0.1, -0.05) is 17.7 Å². The fraction of sp³-hybridized carbons (Fsp3) is 0.176. The van der Waals surface area contributed by atoms with Gasteiger partial charge in [0, 0.05) is 12.4 Å². The number of aryl methyl sites for hydroxylation is 1. The highest BCUT2D eigenvalue weighted by Crippen LogP contribution is 2.27. The number of benzene rings is 1. The highest BCUT2D eigenvalue weighted by Gasteiger charge is 2.18. The van der Waals surface area contributed by atoms with E-state index in [9.17, 15) is 8.78 Å². The van der Waals surface area contributed by atoms with Crippen molar-refractivity contribution in [1.29, 1.82) is 0 Å². The Kier molecular flexibility index (Phi) is 6.78. The molecule has 0 aliphatic heterocycles. The van der Waals surface area contributed by atoms with Crippen LogP contribution >= 0.6 is 24.2 Å². The molecule has 0 aliphatic carbocycles. The highest BCUT2D eigenvalue weighted by atomic mass is 35.5. The second kappa shape index (κ2) is 8.82. The Morgan fingerprint density at radius 1 is 1.16 bits per heavy atom. The minimum Gasteiger partial charge on any atom is -0.356 e. The molecule has 2 N–H and O–H groups in total. The fourth-order valence-electron chi connectivity index (χ4n) is 2.21. The Balaban J connectivity index is 0.00000109. The predicted molar refractivity (Wildman–Crippen MR) is 99.3 cm³/mol. The highest BCUT2D eigenvalue weighted by molar-refractivity contribution is 7.79. The van der Waals surface area contributed by atoms with Crippen molar-refractivity contribution in [2.24, 2.45) is 0 Å². The molecule has 0 spiro atoms. The third-order valence-electron chi connectivity index (χ3n) is 3.38. The smallest absolute Gasteiger partial charge is 0.144 e. The maximum Gasteiger partial charge on any atom is 0.144 e. The van der Waals surface area contributed by atoms with Gasteiger partial charge in [0.1, 0.15) is 29.3 Å². The number of hydrogen-bond acceptors (Lipinski definition) is 4. The SMILES string of the molecule is CS.Cc1nc(NC(c2ccc(F)c(Cl)c2)c2ncc[nH]2)ccc1F. The molecule has 1 atom stereocenters. The first-order valence-electron chi connectivity index (χ1n) is 7.33. The largest absolute Gasteiger partial charge is 0.356 e. The van der Waals surface area contributed by atoms with Crippen molar-refractivity contribution >= 4 is 30.0 Å². The van der Waals surface area contributed by atoms with E-state index in [4.69, 9.17) is 11.6 Å². The summed E-state index contributed by atoms with van der Waals surface area (Å²) in [5, 5.41) is 3.18. The van der Waals surface area contributed by atoms with E-state index in [-0.39, 0.29) is 16.5 Å². The quantitative estimate of drug-likeness (QED) is 0.568. The zero-order valence-corrected chi connectivity index (χ0v) is 15.2. The third kappa shape index (κ3) is 4.70. The number of imidazole rings is 1. The first-order chi connectivity index (χ1) is 12.0. The topological polar surface area (TPSA) is 53.6 Å². The van der Waals surface area contributed by atoms with Crippen LogP contribution in [0.3, 0.4) is 0 Å². The maximum absolute atomic E-state index is 13.4. The summed E-state index contributed by atoms with van der Waals surface area (Å²) in [5.41, 5.74) is 0.987. The average Bonchev–Trinajstić information content (AvgIpc) is 3.14. The van der Waals surface area contributed by atoms with Crippen molar-refractivity contribution in [1.82, 2.24) is 15.0 Å². The molecule has 132 valence electrons. The Morgan fingerprint density at radius 3 is 2.48 bits per heavy atom. The monoisotopic (exact) mass is 382 g/mol. The predicted octanol–water partition coefficient (Wildman–Crippen LogP) is 4.79. The van der Waals surface area contributed by atoms with Crippen LogP contribution in [-0.2, 0) is 0 Å². The summed E-state index contributed by atoms with van der Waals surface area (Å²) in [6, 6.07) is 6.86. The molecule has 3 aromatic rings. The molecule has 1 aromatic carbocycles. The lowest BCUT2D eigenvalue weighted by atomic mass is 10.1. The second-order valence-electron chi connectivity index (χ2n) is 4.99. The second-order valence-corrected chi connectivity index (χ2v) is 5.40. The lowest BCUT2D eigenvalue weighted by Crippen LogP contribution is -2.15. The number of hydrogen-bond donors (Lipinski definition) is 3. The van der Waals surface area contributed by atoms with Crippen molar-refractivity contribution in [3.8, 4) is 0 Å². The van der Waals surface area contributed by atoms with Gasteiger partial charge in [0.25, 0.3) is 0 Å². The van der Waals surface area contributed by atoms with E-state index >= 15 is 0 Å². The zero-order valence-electron chi connectivity index (χ0n) is 13.6. The third-order valence-corrected chi connectivity index (χ3v) is 3.67. The van der Waals surface area contributed by atoms with Gasteiger partial charge in [0.15, 0.2) is 0 Å². The fourth-order valence-corrected chi connectivity index (χ4v) is 2.40. The van der Waals surface area contributed by atoms with Gasteiger partial charge in [-0.25, -0.2) is 18.7 Å². The molecule has 1 unspecified atom stereocenters. The van der Waals surface area contributed by atoms with E-state index in [1.54, 1.807) is 31.6 Å².